The largest absolute Gasteiger partial charge is 0.497 e. The van der Waals surface area contributed by atoms with E-state index in [0.717, 1.165) is 0 Å². The monoisotopic (exact) mass is 288 g/mol. The van der Waals surface area contributed by atoms with Crippen molar-refractivity contribution >= 4 is 11.7 Å². The number of hydrogen-bond donors (Lipinski definition) is 2. The van der Waals surface area contributed by atoms with Crippen LogP contribution >= 0.6 is 0 Å². The third-order valence-corrected chi connectivity index (χ3v) is 2.69. The Labute approximate surface area is 122 Å². The van der Waals surface area contributed by atoms with Crippen molar-refractivity contribution in [1.82, 2.24) is 4.98 Å². The van der Waals surface area contributed by atoms with Gasteiger partial charge in [-0.25, -0.2) is 4.98 Å². The number of ether oxygens (including phenoxy) is 2. The third kappa shape index (κ3) is 4.47. The Morgan fingerprint density at radius 2 is 2.10 bits per heavy atom. The zero-order chi connectivity index (χ0) is 15.1. The third-order valence-electron chi connectivity index (χ3n) is 2.69. The number of aliphatic hydroxyl groups excluding tert-OH is 1. The molecule has 0 aliphatic carbocycles. The van der Waals surface area contributed by atoms with Gasteiger partial charge in [-0.1, -0.05) is 6.07 Å². The van der Waals surface area contributed by atoms with Crippen LogP contribution in [0.3, 0.4) is 0 Å². The van der Waals surface area contributed by atoms with Gasteiger partial charge in [0.05, 0.1) is 13.7 Å². The topological polar surface area (TPSA) is 80.7 Å². The Morgan fingerprint density at radius 3 is 2.86 bits per heavy atom. The molecule has 1 heterocycles. The van der Waals surface area contributed by atoms with Crippen molar-refractivity contribution in [3.05, 3.63) is 48.2 Å². The highest BCUT2D eigenvalue weighted by atomic mass is 16.5. The summed E-state index contributed by atoms with van der Waals surface area (Å²) in [5, 5.41) is 11.6. The van der Waals surface area contributed by atoms with Crippen LogP contribution in [0, 0.1) is 0 Å². The summed E-state index contributed by atoms with van der Waals surface area (Å²) in [6.07, 6.45) is 1.52. The summed E-state index contributed by atoms with van der Waals surface area (Å²) in [4.78, 5) is 15.8. The van der Waals surface area contributed by atoms with Gasteiger partial charge in [-0.05, 0) is 29.8 Å². The number of amides is 1. The Hall–Kier alpha value is -2.60. The molecule has 6 heteroatoms. The number of rotatable bonds is 6. The first-order chi connectivity index (χ1) is 10.2. The smallest absolute Gasteiger partial charge is 0.263 e. The van der Waals surface area contributed by atoms with E-state index in [1.165, 1.54) is 6.20 Å². The lowest BCUT2D eigenvalue weighted by atomic mass is 10.3. The van der Waals surface area contributed by atoms with Crippen molar-refractivity contribution in [2.24, 2.45) is 0 Å². The highest BCUT2D eigenvalue weighted by molar-refractivity contribution is 5.91. The maximum Gasteiger partial charge on any atom is 0.263 e. The number of anilines is 1. The van der Waals surface area contributed by atoms with E-state index < -0.39 is 0 Å². The lowest BCUT2D eigenvalue weighted by molar-refractivity contribution is -0.118. The average Bonchev–Trinajstić information content (AvgIpc) is 2.53. The first-order valence-corrected chi connectivity index (χ1v) is 6.34. The summed E-state index contributed by atoms with van der Waals surface area (Å²) in [6.45, 7) is -0.246. The molecule has 1 amide bonds. The maximum absolute atomic E-state index is 11.8. The molecule has 0 spiro atoms. The summed E-state index contributed by atoms with van der Waals surface area (Å²) in [5.74, 6) is 1.24. The first-order valence-electron chi connectivity index (χ1n) is 6.34. The highest BCUT2D eigenvalue weighted by Crippen LogP contribution is 2.18. The molecule has 0 bridgehead atoms. The number of aliphatic hydroxyl groups is 1. The van der Waals surface area contributed by atoms with Gasteiger partial charge in [0.1, 0.15) is 17.3 Å². The van der Waals surface area contributed by atoms with E-state index in [0.29, 0.717) is 22.9 Å². The van der Waals surface area contributed by atoms with Crippen molar-refractivity contribution in [1.29, 1.82) is 0 Å². The predicted molar refractivity (Wildman–Crippen MR) is 77.3 cm³/mol. The SMILES string of the molecule is COc1cccc(OCC(=O)Nc2cc(CO)ccn2)c1. The van der Waals surface area contributed by atoms with Gasteiger partial charge in [0.15, 0.2) is 6.61 Å². The summed E-state index contributed by atoms with van der Waals surface area (Å²) in [7, 11) is 1.56. The molecule has 21 heavy (non-hydrogen) atoms. The minimum absolute atomic E-state index is 0.105. The second kappa shape index (κ2) is 7.25. The molecule has 0 unspecified atom stereocenters. The van der Waals surface area contributed by atoms with Crippen molar-refractivity contribution in [3.8, 4) is 11.5 Å². The summed E-state index contributed by atoms with van der Waals surface area (Å²) in [6, 6.07) is 10.3. The second-order valence-corrected chi connectivity index (χ2v) is 4.22. The number of nitrogens with zero attached hydrogens (tertiary/aromatic N) is 1. The highest BCUT2D eigenvalue weighted by Gasteiger charge is 2.05. The van der Waals surface area contributed by atoms with Crippen LogP contribution in [-0.2, 0) is 11.4 Å². The van der Waals surface area contributed by atoms with Crippen molar-refractivity contribution in [3.63, 3.8) is 0 Å². The number of nitrogens with one attached hydrogen (secondary N) is 1. The van der Waals surface area contributed by atoms with Gasteiger partial charge >= 0.3 is 0 Å². The zero-order valence-corrected chi connectivity index (χ0v) is 11.6. The molecule has 0 radical (unpaired) electrons. The van der Waals surface area contributed by atoms with Gasteiger partial charge in [-0.2, -0.15) is 0 Å². The van der Waals surface area contributed by atoms with Crippen molar-refractivity contribution < 1.29 is 19.4 Å². The van der Waals surface area contributed by atoms with Crippen LogP contribution in [0.25, 0.3) is 0 Å². The minimum atomic E-state index is -0.333. The van der Waals surface area contributed by atoms with Crippen molar-refractivity contribution in [2.45, 2.75) is 6.61 Å². The number of pyridine rings is 1. The zero-order valence-electron chi connectivity index (χ0n) is 11.6. The Morgan fingerprint density at radius 1 is 1.29 bits per heavy atom. The molecule has 0 aliphatic rings. The minimum Gasteiger partial charge on any atom is -0.497 e. The van der Waals surface area contributed by atoms with Gasteiger partial charge in [0.25, 0.3) is 5.91 Å². The first kappa shape index (κ1) is 14.8. The molecular formula is C15H16N2O4. The molecule has 6 nitrogen and oxygen atoms in total. The van der Waals surface area contributed by atoms with E-state index in [1.807, 2.05) is 0 Å². The number of benzene rings is 1. The molecule has 1 aromatic heterocycles. The molecule has 2 rings (SSSR count). The van der Waals surface area contributed by atoms with Crippen LogP contribution < -0.4 is 14.8 Å². The van der Waals surface area contributed by atoms with E-state index in [1.54, 1.807) is 43.5 Å². The second-order valence-electron chi connectivity index (χ2n) is 4.22. The molecule has 0 aliphatic heterocycles. The molecular weight excluding hydrogens is 272 g/mol. The van der Waals surface area contributed by atoms with E-state index in [-0.39, 0.29) is 19.1 Å². The van der Waals surface area contributed by atoms with Crippen LogP contribution in [0.5, 0.6) is 11.5 Å². The van der Waals surface area contributed by atoms with Gasteiger partial charge in [-0.15, -0.1) is 0 Å². The van der Waals surface area contributed by atoms with E-state index >= 15 is 0 Å². The van der Waals surface area contributed by atoms with Crippen LogP contribution in [0.2, 0.25) is 0 Å². The number of hydrogen-bond acceptors (Lipinski definition) is 5. The van der Waals surface area contributed by atoms with Gasteiger partial charge < -0.3 is 19.9 Å². The average molecular weight is 288 g/mol. The summed E-state index contributed by atoms with van der Waals surface area (Å²) in [5.41, 5.74) is 0.675. The molecule has 1 aromatic carbocycles. The van der Waals surface area contributed by atoms with Gasteiger partial charge in [0, 0.05) is 12.3 Å². The Bertz CT molecular complexity index is 616. The van der Waals surface area contributed by atoms with Crippen LogP contribution in [-0.4, -0.2) is 29.7 Å². The fourth-order valence-corrected chi connectivity index (χ4v) is 1.66. The van der Waals surface area contributed by atoms with Crippen molar-refractivity contribution in [2.75, 3.05) is 19.0 Å². The number of aromatic nitrogens is 1. The number of methoxy groups -OCH3 is 1. The van der Waals surface area contributed by atoms with Crippen LogP contribution in [0.15, 0.2) is 42.6 Å². The lowest BCUT2D eigenvalue weighted by Crippen LogP contribution is -2.20. The molecule has 0 saturated heterocycles. The summed E-state index contributed by atoms with van der Waals surface area (Å²) >= 11 is 0. The van der Waals surface area contributed by atoms with Gasteiger partial charge in [-0.3, -0.25) is 4.79 Å². The molecule has 2 N–H and O–H groups in total. The quantitative estimate of drug-likeness (QED) is 0.844. The standard InChI is InChI=1S/C15H16N2O4/c1-20-12-3-2-4-13(8-12)21-10-15(19)17-14-7-11(9-18)5-6-16-14/h2-8,18H,9-10H2,1H3,(H,16,17,19). The van der Waals surface area contributed by atoms with E-state index in [4.69, 9.17) is 14.6 Å². The van der Waals surface area contributed by atoms with Crippen LogP contribution in [0.4, 0.5) is 5.82 Å². The normalized spacial score (nSPS) is 10.0. The Balaban J connectivity index is 1.89. The van der Waals surface area contributed by atoms with Crippen LogP contribution in [0.1, 0.15) is 5.56 Å². The number of carbonyl (C=O) groups is 1. The fraction of sp³-hybridized carbons (Fsp3) is 0.200. The summed E-state index contributed by atoms with van der Waals surface area (Å²) < 4.78 is 10.4. The van der Waals surface area contributed by atoms with Gasteiger partial charge in [0.2, 0.25) is 0 Å². The molecule has 110 valence electrons. The van der Waals surface area contributed by atoms with E-state index in [2.05, 4.69) is 10.3 Å². The van der Waals surface area contributed by atoms with E-state index in [9.17, 15) is 4.79 Å². The molecule has 0 fully saturated rings. The number of carbonyl (C=O) groups excluding carboxylic acids is 1. The predicted octanol–water partition coefficient (Wildman–Crippen LogP) is 1.60. The Kier molecular flexibility index (Phi) is 5.11. The fourth-order valence-electron chi connectivity index (χ4n) is 1.66. The lowest BCUT2D eigenvalue weighted by Gasteiger charge is -2.08. The molecule has 0 atom stereocenters. The molecule has 2 aromatic rings. The maximum atomic E-state index is 11.8. The molecule has 0 saturated carbocycles.